The normalized spacial score (nSPS) is 13.3. The van der Waals surface area contributed by atoms with Gasteiger partial charge in [0.15, 0.2) is 5.82 Å². The van der Waals surface area contributed by atoms with Crippen molar-refractivity contribution in [1.29, 1.82) is 0 Å². The molecule has 0 aliphatic carbocycles. The maximum atomic E-state index is 12.2. The highest BCUT2D eigenvalue weighted by Crippen LogP contribution is 2.15. The minimum absolute atomic E-state index is 0.0524. The van der Waals surface area contributed by atoms with Crippen LogP contribution in [0, 0.1) is 0 Å². The molecule has 0 N–H and O–H groups in total. The Kier molecular flexibility index (Phi) is 2.98. The second-order valence-electron chi connectivity index (χ2n) is 4.69. The molecule has 0 radical (unpaired) electrons. The van der Waals surface area contributed by atoms with E-state index in [0.717, 1.165) is 31.0 Å². The second-order valence-corrected chi connectivity index (χ2v) is 4.69. The predicted octanol–water partition coefficient (Wildman–Crippen LogP) is 0.891. The molecular formula is C13H15N5O. The number of hydrogen-bond donors (Lipinski definition) is 0. The largest absolute Gasteiger partial charge is 0.334 e. The van der Waals surface area contributed by atoms with Gasteiger partial charge in [-0.05, 0) is 18.6 Å². The van der Waals surface area contributed by atoms with Crippen molar-refractivity contribution < 1.29 is 4.79 Å². The molecule has 0 saturated carbocycles. The molecule has 0 spiro atoms. The first kappa shape index (κ1) is 11.8. The van der Waals surface area contributed by atoms with Crippen molar-refractivity contribution in [3.63, 3.8) is 0 Å². The molecule has 19 heavy (non-hydrogen) atoms. The monoisotopic (exact) mass is 257 g/mol. The van der Waals surface area contributed by atoms with Crippen LogP contribution in [0.25, 0.3) is 0 Å². The molecule has 1 aliphatic heterocycles. The SMILES string of the molecule is CN(Cc1nnc2n1CCC2)C(=O)c1cccnc1. The number of carbonyl (C=O) groups is 1. The van der Waals surface area contributed by atoms with Gasteiger partial charge in [-0.1, -0.05) is 0 Å². The molecule has 0 saturated heterocycles. The summed E-state index contributed by atoms with van der Waals surface area (Å²) in [4.78, 5) is 17.8. The fourth-order valence-electron chi connectivity index (χ4n) is 2.32. The van der Waals surface area contributed by atoms with Crippen LogP contribution >= 0.6 is 0 Å². The Morgan fingerprint density at radius 1 is 1.47 bits per heavy atom. The van der Waals surface area contributed by atoms with E-state index in [2.05, 4.69) is 19.7 Å². The number of pyridine rings is 1. The van der Waals surface area contributed by atoms with E-state index in [1.807, 2.05) is 0 Å². The first-order chi connectivity index (χ1) is 9.25. The Balaban J connectivity index is 1.74. The zero-order chi connectivity index (χ0) is 13.2. The minimum Gasteiger partial charge on any atom is -0.334 e. The van der Waals surface area contributed by atoms with Crippen LogP contribution < -0.4 is 0 Å². The number of nitrogens with zero attached hydrogens (tertiary/aromatic N) is 5. The quantitative estimate of drug-likeness (QED) is 0.819. The first-order valence-corrected chi connectivity index (χ1v) is 6.32. The van der Waals surface area contributed by atoms with E-state index in [4.69, 9.17) is 0 Å². The Bertz CT molecular complexity index is 592. The Hall–Kier alpha value is -2.24. The van der Waals surface area contributed by atoms with Crippen molar-refractivity contribution >= 4 is 5.91 Å². The summed E-state index contributed by atoms with van der Waals surface area (Å²) in [7, 11) is 1.77. The number of rotatable bonds is 3. The number of fused-ring (bicyclic) bond motifs is 1. The van der Waals surface area contributed by atoms with E-state index in [1.165, 1.54) is 0 Å². The molecule has 1 aliphatic rings. The highest BCUT2D eigenvalue weighted by molar-refractivity contribution is 5.93. The Labute approximate surface area is 111 Å². The van der Waals surface area contributed by atoms with E-state index in [0.29, 0.717) is 12.1 Å². The van der Waals surface area contributed by atoms with Crippen molar-refractivity contribution in [2.24, 2.45) is 0 Å². The van der Waals surface area contributed by atoms with Crippen LogP contribution in [0.5, 0.6) is 0 Å². The smallest absolute Gasteiger partial charge is 0.255 e. The van der Waals surface area contributed by atoms with Crippen LogP contribution in [0.1, 0.15) is 28.4 Å². The van der Waals surface area contributed by atoms with Gasteiger partial charge in [0, 0.05) is 32.4 Å². The van der Waals surface area contributed by atoms with E-state index >= 15 is 0 Å². The molecule has 0 atom stereocenters. The Morgan fingerprint density at radius 2 is 2.37 bits per heavy atom. The molecule has 3 heterocycles. The minimum atomic E-state index is -0.0524. The van der Waals surface area contributed by atoms with E-state index in [1.54, 1.807) is 36.5 Å². The van der Waals surface area contributed by atoms with E-state index in [9.17, 15) is 4.79 Å². The maximum absolute atomic E-state index is 12.2. The van der Waals surface area contributed by atoms with Gasteiger partial charge in [-0.2, -0.15) is 0 Å². The lowest BCUT2D eigenvalue weighted by molar-refractivity contribution is 0.0779. The van der Waals surface area contributed by atoms with E-state index < -0.39 is 0 Å². The van der Waals surface area contributed by atoms with Crippen molar-refractivity contribution in [3.8, 4) is 0 Å². The molecule has 0 bridgehead atoms. The van der Waals surface area contributed by atoms with Crippen LogP contribution in [0.2, 0.25) is 0 Å². The molecule has 2 aromatic rings. The average molecular weight is 257 g/mol. The van der Waals surface area contributed by atoms with Gasteiger partial charge in [-0.15, -0.1) is 10.2 Å². The topological polar surface area (TPSA) is 63.9 Å². The van der Waals surface area contributed by atoms with Crippen LogP contribution in [0.3, 0.4) is 0 Å². The molecule has 0 aromatic carbocycles. The lowest BCUT2D eigenvalue weighted by Gasteiger charge is -2.16. The summed E-state index contributed by atoms with van der Waals surface area (Å²) in [5.41, 5.74) is 0.589. The van der Waals surface area contributed by atoms with Crippen molar-refractivity contribution in [3.05, 3.63) is 41.7 Å². The summed E-state index contributed by atoms with van der Waals surface area (Å²) < 4.78 is 2.10. The lowest BCUT2D eigenvalue weighted by Crippen LogP contribution is -2.27. The zero-order valence-electron chi connectivity index (χ0n) is 10.8. The lowest BCUT2D eigenvalue weighted by atomic mass is 10.2. The third-order valence-electron chi connectivity index (χ3n) is 3.32. The summed E-state index contributed by atoms with van der Waals surface area (Å²) in [6, 6.07) is 3.52. The molecule has 0 unspecified atom stereocenters. The highest BCUT2D eigenvalue weighted by atomic mass is 16.2. The van der Waals surface area contributed by atoms with Crippen molar-refractivity contribution in [1.82, 2.24) is 24.6 Å². The summed E-state index contributed by atoms with van der Waals surface area (Å²) in [6.45, 7) is 1.42. The third kappa shape index (κ3) is 2.21. The molecule has 6 nitrogen and oxygen atoms in total. The maximum Gasteiger partial charge on any atom is 0.255 e. The average Bonchev–Trinajstić information content (AvgIpc) is 3.04. The number of hydrogen-bond acceptors (Lipinski definition) is 4. The second kappa shape index (κ2) is 4.79. The van der Waals surface area contributed by atoms with Gasteiger partial charge in [-0.3, -0.25) is 9.78 Å². The molecule has 6 heteroatoms. The molecule has 1 amide bonds. The van der Waals surface area contributed by atoms with Crippen LogP contribution in [0.4, 0.5) is 0 Å². The zero-order valence-corrected chi connectivity index (χ0v) is 10.8. The molecule has 3 rings (SSSR count). The van der Waals surface area contributed by atoms with Gasteiger partial charge in [-0.25, -0.2) is 0 Å². The predicted molar refractivity (Wildman–Crippen MR) is 68.4 cm³/mol. The number of carbonyl (C=O) groups excluding carboxylic acids is 1. The van der Waals surface area contributed by atoms with Crippen molar-refractivity contribution in [2.45, 2.75) is 25.9 Å². The van der Waals surface area contributed by atoms with Gasteiger partial charge in [0.2, 0.25) is 0 Å². The van der Waals surface area contributed by atoms with Crippen LogP contribution in [-0.2, 0) is 19.5 Å². The highest BCUT2D eigenvalue weighted by Gasteiger charge is 2.20. The number of amides is 1. The summed E-state index contributed by atoms with van der Waals surface area (Å²) >= 11 is 0. The van der Waals surface area contributed by atoms with Gasteiger partial charge in [0.1, 0.15) is 5.82 Å². The third-order valence-corrected chi connectivity index (χ3v) is 3.32. The standard InChI is InChI=1S/C13H15N5O/c1-17(13(19)10-4-2-6-14-8-10)9-12-16-15-11-5-3-7-18(11)12/h2,4,6,8H,3,5,7,9H2,1H3. The fourth-order valence-corrected chi connectivity index (χ4v) is 2.32. The molecular weight excluding hydrogens is 242 g/mol. The summed E-state index contributed by atoms with van der Waals surface area (Å²) in [6.07, 6.45) is 5.32. The summed E-state index contributed by atoms with van der Waals surface area (Å²) in [5, 5.41) is 8.30. The van der Waals surface area contributed by atoms with Gasteiger partial charge < -0.3 is 9.47 Å². The Morgan fingerprint density at radius 3 is 3.16 bits per heavy atom. The van der Waals surface area contributed by atoms with Crippen molar-refractivity contribution in [2.75, 3.05) is 7.05 Å². The van der Waals surface area contributed by atoms with Crippen LogP contribution in [-0.4, -0.2) is 37.6 Å². The van der Waals surface area contributed by atoms with Gasteiger partial charge in [0.25, 0.3) is 5.91 Å². The van der Waals surface area contributed by atoms with Crippen LogP contribution in [0.15, 0.2) is 24.5 Å². The molecule has 98 valence electrons. The number of aromatic nitrogens is 4. The number of aryl methyl sites for hydroxylation is 1. The summed E-state index contributed by atoms with van der Waals surface area (Å²) in [5.74, 6) is 1.83. The fraction of sp³-hybridized carbons (Fsp3) is 0.385. The molecule has 2 aromatic heterocycles. The van der Waals surface area contributed by atoms with Gasteiger partial charge >= 0.3 is 0 Å². The first-order valence-electron chi connectivity index (χ1n) is 6.32. The van der Waals surface area contributed by atoms with E-state index in [-0.39, 0.29) is 5.91 Å². The van der Waals surface area contributed by atoms with Gasteiger partial charge in [0.05, 0.1) is 12.1 Å². The molecule has 0 fully saturated rings.